The summed E-state index contributed by atoms with van der Waals surface area (Å²) in [6, 6.07) is 5.25. The van der Waals surface area contributed by atoms with Crippen molar-refractivity contribution in [2.24, 2.45) is 11.7 Å². The van der Waals surface area contributed by atoms with E-state index < -0.39 is 12.7 Å². The van der Waals surface area contributed by atoms with Gasteiger partial charge < -0.3 is 20.7 Å². The number of alkyl halides is 2. The molecular weight excluding hydrogens is 356 g/mol. The average Bonchev–Trinajstić information content (AvgIpc) is 2.56. The summed E-state index contributed by atoms with van der Waals surface area (Å²) >= 11 is 0. The molecule has 1 saturated heterocycles. The van der Waals surface area contributed by atoms with Crippen LogP contribution < -0.4 is 20.7 Å². The molecule has 2 rings (SSSR count). The van der Waals surface area contributed by atoms with Gasteiger partial charge in [0.2, 0.25) is 11.8 Å². The van der Waals surface area contributed by atoms with E-state index in [1.165, 1.54) is 17.0 Å². The number of piperidine rings is 1. The Hall–Kier alpha value is -1.93. The van der Waals surface area contributed by atoms with Gasteiger partial charge in [-0.3, -0.25) is 9.59 Å². The van der Waals surface area contributed by atoms with E-state index in [0.29, 0.717) is 18.7 Å². The minimum Gasteiger partial charge on any atom is -0.435 e. The van der Waals surface area contributed by atoms with Gasteiger partial charge in [-0.05, 0) is 37.1 Å². The van der Waals surface area contributed by atoms with Gasteiger partial charge in [0.05, 0.1) is 0 Å². The topological polar surface area (TPSA) is 84.7 Å². The zero-order chi connectivity index (χ0) is 17.7. The van der Waals surface area contributed by atoms with Crippen molar-refractivity contribution in [2.45, 2.75) is 32.4 Å². The summed E-state index contributed by atoms with van der Waals surface area (Å²) in [5, 5.41) is 2.72. The Bertz CT molecular complexity index is 586. The van der Waals surface area contributed by atoms with Crippen LogP contribution in [0.25, 0.3) is 0 Å². The average molecular weight is 378 g/mol. The van der Waals surface area contributed by atoms with Crippen LogP contribution >= 0.6 is 12.4 Å². The molecule has 3 N–H and O–H groups in total. The molecule has 0 aliphatic carbocycles. The van der Waals surface area contributed by atoms with Gasteiger partial charge in [0.1, 0.15) is 11.8 Å². The highest BCUT2D eigenvalue weighted by Gasteiger charge is 2.31. The second-order valence-electron chi connectivity index (χ2n) is 5.70. The van der Waals surface area contributed by atoms with Gasteiger partial charge in [0, 0.05) is 24.7 Å². The van der Waals surface area contributed by atoms with E-state index in [0.717, 1.165) is 6.42 Å². The molecule has 25 heavy (non-hydrogen) atoms. The number of rotatable bonds is 6. The second kappa shape index (κ2) is 9.53. The Labute approximate surface area is 151 Å². The first-order chi connectivity index (χ1) is 11.4. The number of ether oxygens (including phenoxy) is 1. The van der Waals surface area contributed by atoms with Crippen LogP contribution in [0.3, 0.4) is 0 Å². The molecule has 2 atom stereocenters. The summed E-state index contributed by atoms with van der Waals surface area (Å²) in [4.78, 5) is 26.0. The molecule has 0 spiro atoms. The molecule has 1 aliphatic heterocycles. The van der Waals surface area contributed by atoms with Crippen molar-refractivity contribution < 1.29 is 23.1 Å². The first kappa shape index (κ1) is 21.1. The molecule has 1 aromatic rings. The fourth-order valence-corrected chi connectivity index (χ4v) is 2.49. The number of nitrogens with one attached hydrogen (secondary N) is 1. The lowest BCUT2D eigenvalue weighted by Crippen LogP contribution is -2.53. The van der Waals surface area contributed by atoms with Gasteiger partial charge >= 0.3 is 6.61 Å². The molecular formula is C16H22ClF2N3O3. The summed E-state index contributed by atoms with van der Waals surface area (Å²) in [5.74, 6) is -0.807. The Kier molecular flexibility index (Phi) is 8.05. The molecule has 0 radical (unpaired) electrons. The van der Waals surface area contributed by atoms with Crippen LogP contribution in [-0.4, -0.2) is 37.6 Å². The van der Waals surface area contributed by atoms with Crippen molar-refractivity contribution in [1.29, 1.82) is 0 Å². The molecule has 1 heterocycles. The van der Waals surface area contributed by atoms with Crippen LogP contribution in [-0.2, 0) is 9.59 Å². The van der Waals surface area contributed by atoms with Gasteiger partial charge in [0.15, 0.2) is 0 Å². The third kappa shape index (κ3) is 5.54. The number of carbonyl (C=O) groups excluding carboxylic acids is 2. The van der Waals surface area contributed by atoms with E-state index in [4.69, 9.17) is 5.73 Å². The minimum atomic E-state index is -2.89. The van der Waals surface area contributed by atoms with Gasteiger partial charge in [0.25, 0.3) is 0 Å². The highest BCUT2D eigenvalue weighted by Crippen LogP contribution is 2.24. The molecule has 9 heteroatoms. The van der Waals surface area contributed by atoms with E-state index in [2.05, 4.69) is 10.1 Å². The predicted octanol–water partition coefficient (Wildman–Crippen LogP) is 1.92. The molecule has 0 bridgehead atoms. The quantitative estimate of drug-likeness (QED) is 0.793. The van der Waals surface area contributed by atoms with Crippen molar-refractivity contribution in [3.8, 4) is 5.75 Å². The number of carbonyl (C=O) groups is 2. The number of hydrogen-bond acceptors (Lipinski definition) is 4. The zero-order valence-corrected chi connectivity index (χ0v) is 14.6. The standard InChI is InChI=1S/C16H21F2N3O3.ClH/c1-10(9-19)14(22)20-13-3-2-8-21(15(13)23)11-4-6-12(7-5-11)24-16(17)18;/h4-7,10,13,16H,2-3,8-9,19H2,1H3,(H,20,22);1H. The highest BCUT2D eigenvalue weighted by atomic mass is 35.5. The summed E-state index contributed by atoms with van der Waals surface area (Å²) in [6.07, 6.45) is 1.29. The van der Waals surface area contributed by atoms with Gasteiger partial charge in [-0.25, -0.2) is 0 Å². The second-order valence-corrected chi connectivity index (χ2v) is 5.70. The molecule has 2 amide bonds. The Morgan fingerprint density at radius 2 is 2.04 bits per heavy atom. The van der Waals surface area contributed by atoms with Crippen molar-refractivity contribution in [3.05, 3.63) is 24.3 Å². The number of halogens is 3. The molecule has 1 aliphatic rings. The number of nitrogens with zero attached hydrogens (tertiary/aromatic N) is 1. The smallest absolute Gasteiger partial charge is 0.387 e. The maximum atomic E-state index is 12.6. The third-order valence-corrected chi connectivity index (χ3v) is 3.93. The van der Waals surface area contributed by atoms with Crippen molar-refractivity contribution in [1.82, 2.24) is 5.32 Å². The number of amides is 2. The lowest BCUT2D eigenvalue weighted by atomic mass is 10.0. The molecule has 140 valence electrons. The minimum absolute atomic E-state index is 0. The lowest BCUT2D eigenvalue weighted by Gasteiger charge is -2.33. The van der Waals surface area contributed by atoms with Crippen LogP contribution in [0.4, 0.5) is 14.5 Å². The molecule has 2 unspecified atom stereocenters. The molecule has 0 saturated carbocycles. The van der Waals surface area contributed by atoms with Crippen molar-refractivity contribution in [2.75, 3.05) is 18.0 Å². The number of benzene rings is 1. The number of anilines is 1. The Morgan fingerprint density at radius 3 is 2.60 bits per heavy atom. The SMILES string of the molecule is CC(CN)C(=O)NC1CCCN(c2ccc(OC(F)F)cc2)C1=O.Cl. The maximum absolute atomic E-state index is 12.6. The lowest BCUT2D eigenvalue weighted by molar-refractivity contribution is -0.130. The fourth-order valence-electron chi connectivity index (χ4n) is 2.49. The summed E-state index contributed by atoms with van der Waals surface area (Å²) < 4.78 is 28.6. The van der Waals surface area contributed by atoms with E-state index in [9.17, 15) is 18.4 Å². The van der Waals surface area contributed by atoms with Gasteiger partial charge in [-0.1, -0.05) is 6.92 Å². The molecule has 1 fully saturated rings. The Morgan fingerprint density at radius 1 is 1.40 bits per heavy atom. The first-order valence-corrected chi connectivity index (χ1v) is 7.79. The first-order valence-electron chi connectivity index (χ1n) is 7.79. The summed E-state index contributed by atoms with van der Waals surface area (Å²) in [6.45, 7) is -0.478. The summed E-state index contributed by atoms with van der Waals surface area (Å²) in [7, 11) is 0. The van der Waals surface area contributed by atoms with Crippen LogP contribution in [0.2, 0.25) is 0 Å². The zero-order valence-electron chi connectivity index (χ0n) is 13.8. The summed E-state index contributed by atoms with van der Waals surface area (Å²) in [5.41, 5.74) is 6.03. The normalized spacial score (nSPS) is 18.5. The monoisotopic (exact) mass is 377 g/mol. The van der Waals surface area contributed by atoms with E-state index >= 15 is 0 Å². The van der Waals surface area contributed by atoms with Crippen LogP contribution in [0.15, 0.2) is 24.3 Å². The highest BCUT2D eigenvalue weighted by molar-refractivity contribution is 6.00. The van der Waals surface area contributed by atoms with Crippen molar-refractivity contribution in [3.63, 3.8) is 0 Å². The van der Waals surface area contributed by atoms with Crippen LogP contribution in [0.1, 0.15) is 19.8 Å². The third-order valence-electron chi connectivity index (χ3n) is 3.93. The number of nitrogens with two attached hydrogens (primary N) is 1. The fraction of sp³-hybridized carbons (Fsp3) is 0.500. The number of hydrogen-bond donors (Lipinski definition) is 2. The largest absolute Gasteiger partial charge is 0.435 e. The molecule has 0 aromatic heterocycles. The Balaban J connectivity index is 0.00000312. The predicted molar refractivity (Wildman–Crippen MR) is 92.1 cm³/mol. The van der Waals surface area contributed by atoms with E-state index in [-0.39, 0.29) is 42.4 Å². The maximum Gasteiger partial charge on any atom is 0.387 e. The molecule has 1 aromatic carbocycles. The van der Waals surface area contributed by atoms with E-state index in [1.807, 2.05) is 0 Å². The van der Waals surface area contributed by atoms with Crippen molar-refractivity contribution >= 4 is 29.9 Å². The van der Waals surface area contributed by atoms with Crippen LogP contribution in [0.5, 0.6) is 5.75 Å². The molecule has 6 nitrogen and oxygen atoms in total. The van der Waals surface area contributed by atoms with Gasteiger partial charge in [-0.15, -0.1) is 12.4 Å². The van der Waals surface area contributed by atoms with E-state index in [1.54, 1.807) is 19.1 Å². The van der Waals surface area contributed by atoms with Crippen LogP contribution in [0, 0.1) is 5.92 Å². The van der Waals surface area contributed by atoms with Gasteiger partial charge in [-0.2, -0.15) is 8.78 Å².